The Kier molecular flexibility index (Phi) is 6.73. The predicted octanol–water partition coefficient (Wildman–Crippen LogP) is 4.07. The molecule has 0 aliphatic rings. The van der Waals surface area contributed by atoms with Crippen molar-refractivity contribution in [3.63, 3.8) is 0 Å². The van der Waals surface area contributed by atoms with E-state index < -0.39 is 28.6 Å². The van der Waals surface area contributed by atoms with E-state index in [2.05, 4.69) is 20.3 Å². The van der Waals surface area contributed by atoms with Crippen LogP contribution in [0.15, 0.2) is 59.0 Å². The molecule has 160 valence electrons. The van der Waals surface area contributed by atoms with Crippen molar-refractivity contribution in [3.8, 4) is 0 Å². The van der Waals surface area contributed by atoms with Crippen molar-refractivity contribution in [2.75, 3.05) is 5.32 Å². The number of anilines is 1. The molecule has 0 atom stereocenters. The van der Waals surface area contributed by atoms with Gasteiger partial charge in [0.15, 0.2) is 0 Å². The summed E-state index contributed by atoms with van der Waals surface area (Å²) in [7, 11) is 0. The number of hydrogen-bond acceptors (Lipinski definition) is 7. The third-order valence-electron chi connectivity index (χ3n) is 3.71. The Morgan fingerprint density at radius 2 is 1.77 bits per heavy atom. The second-order valence-corrected chi connectivity index (χ2v) is 7.26. The van der Waals surface area contributed by atoms with E-state index in [9.17, 15) is 22.8 Å². The fraction of sp³-hybridized carbons (Fsp3) is 0.0556. The first-order valence-corrected chi connectivity index (χ1v) is 9.45. The molecule has 0 spiro atoms. The number of pyridine rings is 1. The Labute approximate surface area is 181 Å². The highest BCUT2D eigenvalue weighted by atomic mass is 35.5. The molecular weight excluding hydrogens is 459 g/mol. The van der Waals surface area contributed by atoms with E-state index in [0.717, 1.165) is 24.2 Å². The Morgan fingerprint density at radius 3 is 2.42 bits per heavy atom. The van der Waals surface area contributed by atoms with E-state index in [4.69, 9.17) is 16.8 Å². The number of carbonyl (C=O) groups is 2. The van der Waals surface area contributed by atoms with Gasteiger partial charge in [0.25, 0.3) is 11.8 Å². The van der Waals surface area contributed by atoms with Crippen molar-refractivity contribution in [1.82, 2.24) is 20.4 Å². The highest BCUT2D eigenvalue weighted by Gasteiger charge is 2.33. The first kappa shape index (κ1) is 22.5. The molecule has 0 saturated heterocycles. The lowest BCUT2D eigenvalue weighted by Crippen LogP contribution is -2.20. The number of amides is 2. The summed E-state index contributed by atoms with van der Waals surface area (Å²) in [5, 5.41) is 11.4. The highest BCUT2D eigenvalue weighted by Crippen LogP contribution is 2.35. The van der Waals surface area contributed by atoms with Crippen molar-refractivity contribution in [2.45, 2.75) is 16.2 Å². The molecule has 3 rings (SSSR count). The minimum atomic E-state index is -4.69. The summed E-state index contributed by atoms with van der Waals surface area (Å²) in [5.41, 5.74) is 0.340. The van der Waals surface area contributed by atoms with E-state index in [1.165, 1.54) is 35.9 Å². The number of benzene rings is 1. The third-order valence-corrected chi connectivity index (χ3v) is 4.93. The number of carbonyl (C=O) groups excluding carboxylic acids is 2. The normalized spacial score (nSPS) is 11.1. The maximum Gasteiger partial charge on any atom is 0.417 e. The van der Waals surface area contributed by atoms with Gasteiger partial charge in [-0.05, 0) is 42.1 Å². The van der Waals surface area contributed by atoms with Crippen LogP contribution in [0, 0.1) is 0 Å². The molecule has 2 amide bonds. The van der Waals surface area contributed by atoms with Crippen molar-refractivity contribution >= 4 is 40.9 Å². The SMILES string of the molecule is O=C(Nc1ccc(Sc2cc(C(=O)NO)ncn2)nc1)c1ccc(Cl)c(C(F)(F)F)c1. The Hall–Kier alpha value is -3.22. The average molecular weight is 470 g/mol. The number of nitrogens with zero attached hydrogens (tertiary/aromatic N) is 3. The van der Waals surface area contributed by atoms with Gasteiger partial charge >= 0.3 is 6.18 Å². The molecule has 0 aliphatic carbocycles. The van der Waals surface area contributed by atoms with Crippen LogP contribution < -0.4 is 10.8 Å². The first-order chi connectivity index (χ1) is 14.7. The van der Waals surface area contributed by atoms with Gasteiger partial charge in [0.05, 0.1) is 22.5 Å². The maximum absolute atomic E-state index is 13.0. The summed E-state index contributed by atoms with van der Waals surface area (Å²) in [6.07, 6.45) is -2.24. The van der Waals surface area contributed by atoms with Gasteiger partial charge in [-0.25, -0.2) is 20.4 Å². The molecule has 2 aromatic heterocycles. The second kappa shape index (κ2) is 9.29. The van der Waals surface area contributed by atoms with Crippen LogP contribution in [0.4, 0.5) is 18.9 Å². The third kappa shape index (κ3) is 5.69. The maximum atomic E-state index is 13.0. The number of nitrogens with one attached hydrogen (secondary N) is 2. The van der Waals surface area contributed by atoms with Crippen molar-refractivity contribution in [2.24, 2.45) is 0 Å². The lowest BCUT2D eigenvalue weighted by Gasteiger charge is -2.11. The molecule has 0 saturated carbocycles. The monoisotopic (exact) mass is 469 g/mol. The molecule has 2 heterocycles. The number of halogens is 4. The van der Waals surface area contributed by atoms with Gasteiger partial charge in [-0.15, -0.1) is 0 Å². The minimum Gasteiger partial charge on any atom is -0.321 e. The predicted molar refractivity (Wildman–Crippen MR) is 104 cm³/mol. The van der Waals surface area contributed by atoms with Crippen molar-refractivity contribution in [1.29, 1.82) is 0 Å². The zero-order valence-corrected chi connectivity index (χ0v) is 16.7. The lowest BCUT2D eigenvalue weighted by atomic mass is 10.1. The van der Waals surface area contributed by atoms with Gasteiger partial charge in [0, 0.05) is 11.6 Å². The van der Waals surface area contributed by atoms with Gasteiger partial charge in [0.2, 0.25) is 0 Å². The molecule has 1 aromatic carbocycles. The number of rotatable bonds is 5. The average Bonchev–Trinajstić information content (AvgIpc) is 2.74. The zero-order chi connectivity index (χ0) is 22.6. The molecular formula is C18H11ClF3N5O3S. The minimum absolute atomic E-state index is 0.0509. The summed E-state index contributed by atoms with van der Waals surface area (Å²) < 4.78 is 38.9. The smallest absolute Gasteiger partial charge is 0.321 e. The molecule has 0 radical (unpaired) electrons. The summed E-state index contributed by atoms with van der Waals surface area (Å²) in [6.45, 7) is 0. The summed E-state index contributed by atoms with van der Waals surface area (Å²) in [4.78, 5) is 35.5. The molecule has 0 fully saturated rings. The van der Waals surface area contributed by atoms with Crippen molar-refractivity contribution in [3.05, 3.63) is 70.8 Å². The van der Waals surface area contributed by atoms with Crippen molar-refractivity contribution < 1.29 is 28.0 Å². The molecule has 31 heavy (non-hydrogen) atoms. The molecule has 0 aliphatic heterocycles. The number of aromatic nitrogens is 3. The summed E-state index contributed by atoms with van der Waals surface area (Å²) >= 11 is 6.64. The summed E-state index contributed by atoms with van der Waals surface area (Å²) in [5.74, 6) is -1.56. The highest BCUT2D eigenvalue weighted by molar-refractivity contribution is 7.99. The van der Waals surface area contributed by atoms with Gasteiger partial charge in [0.1, 0.15) is 22.1 Å². The molecule has 3 aromatic rings. The molecule has 0 unspecified atom stereocenters. The van der Waals surface area contributed by atoms with Crippen LogP contribution in [0.2, 0.25) is 5.02 Å². The standard InChI is InChI=1S/C18H11ClF3N5O3S/c19-12-3-1-9(5-11(12)18(20,21)22)16(28)26-10-2-4-14(23-7-10)31-15-6-13(17(29)27-30)24-8-25-15/h1-8,30H,(H,26,28)(H,27,29). The topological polar surface area (TPSA) is 117 Å². The fourth-order valence-electron chi connectivity index (χ4n) is 2.29. The first-order valence-electron chi connectivity index (χ1n) is 8.26. The van der Waals surface area contributed by atoms with Gasteiger partial charge in [-0.1, -0.05) is 11.6 Å². The second-order valence-electron chi connectivity index (χ2n) is 5.82. The van der Waals surface area contributed by atoms with Crippen LogP contribution in [-0.4, -0.2) is 32.0 Å². The zero-order valence-electron chi connectivity index (χ0n) is 15.1. The lowest BCUT2D eigenvalue weighted by molar-refractivity contribution is -0.137. The largest absolute Gasteiger partial charge is 0.417 e. The van der Waals surface area contributed by atoms with Crippen LogP contribution in [-0.2, 0) is 6.18 Å². The van der Waals surface area contributed by atoms with Crippen LogP contribution in [0.3, 0.4) is 0 Å². The molecule has 8 nitrogen and oxygen atoms in total. The Morgan fingerprint density at radius 1 is 1.00 bits per heavy atom. The summed E-state index contributed by atoms with van der Waals surface area (Å²) in [6, 6.07) is 7.23. The quantitative estimate of drug-likeness (QED) is 0.293. The fourth-order valence-corrected chi connectivity index (χ4v) is 3.24. The number of hydrogen-bond donors (Lipinski definition) is 3. The van der Waals surface area contributed by atoms with Crippen LogP contribution in [0.25, 0.3) is 0 Å². The Bertz CT molecular complexity index is 1130. The number of alkyl halides is 3. The van der Waals surface area contributed by atoms with E-state index in [-0.39, 0.29) is 16.9 Å². The van der Waals surface area contributed by atoms with Gasteiger partial charge in [-0.3, -0.25) is 14.8 Å². The van der Waals surface area contributed by atoms with Gasteiger partial charge in [-0.2, -0.15) is 13.2 Å². The van der Waals surface area contributed by atoms with E-state index in [1.54, 1.807) is 0 Å². The number of hydroxylamine groups is 1. The van der Waals surface area contributed by atoms with Crippen LogP contribution >= 0.6 is 23.4 Å². The van der Waals surface area contributed by atoms with Crippen LogP contribution in [0.5, 0.6) is 0 Å². The van der Waals surface area contributed by atoms with E-state index >= 15 is 0 Å². The molecule has 3 N–H and O–H groups in total. The van der Waals surface area contributed by atoms with Crippen LogP contribution in [0.1, 0.15) is 26.4 Å². The molecule has 0 bridgehead atoms. The molecule has 13 heteroatoms. The van der Waals surface area contributed by atoms with E-state index in [0.29, 0.717) is 16.1 Å². The van der Waals surface area contributed by atoms with E-state index in [1.807, 2.05) is 0 Å². The van der Waals surface area contributed by atoms with Gasteiger partial charge < -0.3 is 5.32 Å². The Balaban J connectivity index is 1.70.